The van der Waals surface area contributed by atoms with E-state index in [-0.39, 0.29) is 0 Å². The SMILES string of the molecule is O=C(SSC(=O)c1c(S(=O)(=O)O)c(S(=O)(=O)O)c(S(=O)(=O)O)c(S(=O)(=O)O)c1S(=O)(=O)O)c1c(S(=O)(=O)O)c(S(=O)(=O)O)c(S(=O)(=O)O)c(S(=O)(=O)O)c1S(=O)(=O)O. The average Bonchev–Trinajstić information content (AvgIpc) is 2.91. The molecule has 330 valence electrons. The molecule has 0 fully saturated rings. The van der Waals surface area contributed by atoms with E-state index in [0.29, 0.717) is 0 Å². The van der Waals surface area contributed by atoms with Crippen molar-refractivity contribution in [3.8, 4) is 0 Å². The van der Waals surface area contributed by atoms with Crippen molar-refractivity contribution in [3.05, 3.63) is 11.1 Å². The molecule has 0 spiro atoms. The van der Waals surface area contributed by atoms with Gasteiger partial charge in [-0.05, 0) is 21.6 Å². The van der Waals surface area contributed by atoms with Crippen LogP contribution in [0.2, 0.25) is 0 Å². The van der Waals surface area contributed by atoms with E-state index in [4.69, 9.17) is 0 Å². The molecule has 32 nitrogen and oxygen atoms in total. The zero-order valence-electron chi connectivity index (χ0n) is 25.4. The lowest BCUT2D eigenvalue weighted by atomic mass is 10.2. The molecule has 0 saturated carbocycles. The van der Waals surface area contributed by atoms with E-state index < -0.39 is 193 Å². The Kier molecular flexibility index (Phi) is 13.5. The van der Waals surface area contributed by atoms with E-state index in [2.05, 4.69) is 0 Å². The van der Waals surface area contributed by atoms with Crippen molar-refractivity contribution in [2.75, 3.05) is 0 Å². The fourth-order valence-corrected chi connectivity index (χ4v) is 18.9. The number of benzene rings is 2. The van der Waals surface area contributed by atoms with Gasteiger partial charge in [0.2, 0.25) is 10.2 Å². The van der Waals surface area contributed by atoms with Crippen LogP contribution >= 0.6 is 21.6 Å². The molecule has 44 heteroatoms. The molecule has 0 atom stereocenters. The highest BCUT2D eigenvalue weighted by Crippen LogP contribution is 2.47. The Morgan fingerprint density at radius 2 is 0.345 bits per heavy atom. The van der Waals surface area contributed by atoms with E-state index in [1.54, 1.807) is 0 Å². The van der Waals surface area contributed by atoms with Gasteiger partial charge >= 0.3 is 0 Å². The second kappa shape index (κ2) is 15.2. The first-order chi connectivity index (χ1) is 25.0. The summed E-state index contributed by atoms with van der Waals surface area (Å²) in [5.41, 5.74) is -6.10. The fourth-order valence-electron chi connectivity index (χ4n) is 4.20. The number of carbonyl (C=O) groups is 2. The molecule has 2 rings (SSSR count). The summed E-state index contributed by atoms with van der Waals surface area (Å²) >= 11 is 0. The molecule has 0 aliphatic rings. The van der Waals surface area contributed by atoms with Crippen LogP contribution in [-0.2, 0) is 101 Å². The minimum Gasteiger partial charge on any atom is -0.282 e. The first-order valence-electron chi connectivity index (χ1n) is 11.7. The summed E-state index contributed by atoms with van der Waals surface area (Å²) in [6.45, 7) is 0. The summed E-state index contributed by atoms with van der Waals surface area (Å²) in [7, 11) is -72.9. The number of rotatable bonds is 12. The van der Waals surface area contributed by atoms with Gasteiger partial charge in [0.05, 0.1) is 11.1 Å². The third-order valence-corrected chi connectivity index (χ3v) is 18.0. The summed E-state index contributed by atoms with van der Waals surface area (Å²) < 4.78 is 341. The lowest BCUT2D eigenvalue weighted by Gasteiger charge is -2.20. The molecule has 0 heterocycles. The van der Waals surface area contributed by atoms with Crippen LogP contribution in [0.25, 0.3) is 0 Å². The van der Waals surface area contributed by atoms with Crippen molar-refractivity contribution in [1.82, 2.24) is 0 Å². The van der Waals surface area contributed by atoms with Crippen molar-refractivity contribution in [3.63, 3.8) is 0 Å². The van der Waals surface area contributed by atoms with Crippen LogP contribution in [0.1, 0.15) is 20.7 Å². The summed E-state index contributed by atoms with van der Waals surface area (Å²) in [6.07, 6.45) is 0. The molecule has 2 aromatic rings. The minimum atomic E-state index is -7.02. The average molecular weight is 1080 g/mol. The molecule has 0 aliphatic carbocycles. The Balaban J connectivity index is 3.54. The molecule has 0 aromatic heterocycles. The van der Waals surface area contributed by atoms with Crippen molar-refractivity contribution < 1.29 is 139 Å². The van der Waals surface area contributed by atoms with E-state index >= 15 is 0 Å². The predicted octanol–water partition coefficient (Wildman–Crippen LogP) is -3.48. The van der Waals surface area contributed by atoms with Crippen molar-refractivity contribution in [2.24, 2.45) is 0 Å². The summed E-state index contributed by atoms with van der Waals surface area (Å²) in [5.74, 6) is 0. The molecule has 0 bridgehead atoms. The van der Waals surface area contributed by atoms with Gasteiger partial charge in [-0.1, -0.05) is 0 Å². The van der Waals surface area contributed by atoms with Crippen LogP contribution < -0.4 is 0 Å². The first kappa shape index (κ1) is 51.7. The summed E-state index contributed by atoms with van der Waals surface area (Å²) in [6, 6.07) is 0. The normalized spacial score (nSPS) is 14.3. The molecular formula is C14H10O32S12. The standard InChI is InChI=1S/C14H10O32S12/c15-13(1-3(49(17,18)19)7(53(29,30)31)11(57(41,42)43)8(54(32,33)34)4(1)50(20,21)22)47-48-14(16)2-5(51(23,24)25)9(55(35,36)37)12(58(44,45)46)10(56(38,39)40)6(2)52(26,27)28/h(H,17,18,19)(H,20,21,22)(H,23,24,25)(H,26,27,28)(H,29,30,31)(H,32,33,34)(H,35,36,37)(H,38,39,40)(H,41,42,43)(H,44,45,46). The minimum absolute atomic E-state index is 1.51. The van der Waals surface area contributed by atoms with E-state index in [9.17, 15) is 139 Å². The van der Waals surface area contributed by atoms with Gasteiger partial charge in [0.1, 0.15) is 49.0 Å². The van der Waals surface area contributed by atoms with Crippen LogP contribution in [0.4, 0.5) is 0 Å². The molecule has 0 unspecified atom stereocenters. The lowest BCUT2D eigenvalue weighted by molar-refractivity contribution is 0.107. The zero-order chi connectivity index (χ0) is 46.5. The van der Waals surface area contributed by atoms with Gasteiger partial charge < -0.3 is 0 Å². The van der Waals surface area contributed by atoms with Crippen molar-refractivity contribution in [1.29, 1.82) is 0 Å². The molecule has 0 aliphatic heterocycles. The largest absolute Gasteiger partial charge is 0.297 e. The highest BCUT2D eigenvalue weighted by Gasteiger charge is 2.50. The van der Waals surface area contributed by atoms with Crippen LogP contribution in [0, 0.1) is 0 Å². The maximum absolute atomic E-state index is 13.4. The number of hydrogen-bond donors (Lipinski definition) is 10. The fraction of sp³-hybridized carbons (Fsp3) is 0. The lowest BCUT2D eigenvalue weighted by Crippen LogP contribution is -2.26. The van der Waals surface area contributed by atoms with E-state index in [1.807, 2.05) is 0 Å². The Labute approximate surface area is 329 Å². The molecule has 2 aromatic carbocycles. The molecule has 0 radical (unpaired) electrons. The van der Waals surface area contributed by atoms with Crippen molar-refractivity contribution in [2.45, 2.75) is 49.0 Å². The molecule has 0 amide bonds. The zero-order valence-corrected chi connectivity index (χ0v) is 35.2. The van der Waals surface area contributed by atoms with Crippen LogP contribution in [0.5, 0.6) is 0 Å². The van der Waals surface area contributed by atoms with Gasteiger partial charge in [-0.25, -0.2) is 0 Å². The first-order valence-corrected chi connectivity index (χ1v) is 28.2. The maximum atomic E-state index is 13.4. The predicted molar refractivity (Wildman–Crippen MR) is 175 cm³/mol. The monoisotopic (exact) mass is 1070 g/mol. The molecule has 10 N–H and O–H groups in total. The Morgan fingerprint density at radius 1 is 0.241 bits per heavy atom. The summed E-state index contributed by atoms with van der Waals surface area (Å²) in [4.78, 5) is -5.84. The molecule has 58 heavy (non-hydrogen) atoms. The van der Waals surface area contributed by atoms with Gasteiger partial charge in [-0.15, -0.1) is 0 Å². The van der Waals surface area contributed by atoms with Crippen LogP contribution in [0.3, 0.4) is 0 Å². The second-order valence-corrected chi connectivity index (χ2v) is 25.2. The third-order valence-electron chi connectivity index (χ3n) is 5.74. The number of carbonyl (C=O) groups excluding carboxylic acids is 2. The molecular weight excluding hydrogens is 1060 g/mol. The smallest absolute Gasteiger partial charge is 0.282 e. The van der Waals surface area contributed by atoms with Gasteiger partial charge in [-0.2, -0.15) is 84.2 Å². The maximum Gasteiger partial charge on any atom is 0.297 e. The summed E-state index contributed by atoms with van der Waals surface area (Å²) in [5, 5.41) is -6.06. The Morgan fingerprint density at radius 3 is 0.448 bits per heavy atom. The quantitative estimate of drug-likeness (QED) is 0.0729. The van der Waals surface area contributed by atoms with E-state index in [1.165, 1.54) is 0 Å². The van der Waals surface area contributed by atoms with Crippen molar-refractivity contribution >= 4 is 133 Å². The Hall–Kier alpha value is -2.42. The van der Waals surface area contributed by atoms with Gasteiger partial charge in [-0.3, -0.25) is 55.1 Å². The highest BCUT2D eigenvalue weighted by molar-refractivity contribution is 8.87. The van der Waals surface area contributed by atoms with Gasteiger partial charge in [0.15, 0.2) is 0 Å². The van der Waals surface area contributed by atoms with Crippen LogP contribution in [-0.4, -0.2) is 140 Å². The van der Waals surface area contributed by atoms with Gasteiger partial charge in [0, 0.05) is 0 Å². The van der Waals surface area contributed by atoms with Crippen LogP contribution in [0.15, 0.2) is 49.0 Å². The number of hydrogen-bond acceptors (Lipinski definition) is 24. The second-order valence-electron chi connectivity index (χ2n) is 9.53. The molecule has 0 saturated heterocycles. The highest BCUT2D eigenvalue weighted by atomic mass is 33.1. The van der Waals surface area contributed by atoms with Gasteiger partial charge in [0.25, 0.3) is 101 Å². The third kappa shape index (κ3) is 10.5. The topological polar surface area (TPSA) is 578 Å². The van der Waals surface area contributed by atoms with E-state index in [0.717, 1.165) is 0 Å². The Bertz CT molecular complexity index is 3000.